The Labute approximate surface area is 110 Å². The summed E-state index contributed by atoms with van der Waals surface area (Å²) in [6.07, 6.45) is 1.42. The summed E-state index contributed by atoms with van der Waals surface area (Å²) in [5, 5.41) is 0.436. The molecular formula is C13H13ClFN3. The Morgan fingerprint density at radius 2 is 2.11 bits per heavy atom. The van der Waals surface area contributed by atoms with E-state index in [1.165, 1.54) is 18.5 Å². The molecule has 0 unspecified atom stereocenters. The average Bonchev–Trinajstić information content (AvgIpc) is 2.32. The number of aromatic nitrogens is 2. The summed E-state index contributed by atoms with van der Waals surface area (Å²) < 4.78 is 13.1. The van der Waals surface area contributed by atoms with E-state index in [1.807, 2.05) is 24.9 Å². The quantitative estimate of drug-likeness (QED) is 0.798. The predicted octanol–water partition coefficient (Wildman–Crippen LogP) is 3.21. The van der Waals surface area contributed by atoms with Crippen LogP contribution in [0.25, 0.3) is 0 Å². The van der Waals surface area contributed by atoms with Crippen molar-refractivity contribution < 1.29 is 4.39 Å². The van der Waals surface area contributed by atoms with Gasteiger partial charge in [0, 0.05) is 19.2 Å². The minimum Gasteiger partial charge on any atom is -0.355 e. The molecule has 94 valence electrons. The molecule has 0 aliphatic rings. The van der Waals surface area contributed by atoms with Crippen LogP contribution in [0.5, 0.6) is 0 Å². The number of hydrogen-bond donors (Lipinski definition) is 0. The number of nitrogens with zero attached hydrogens (tertiary/aromatic N) is 3. The van der Waals surface area contributed by atoms with Gasteiger partial charge < -0.3 is 4.90 Å². The van der Waals surface area contributed by atoms with Crippen LogP contribution in [-0.2, 0) is 6.54 Å². The highest BCUT2D eigenvalue weighted by Crippen LogP contribution is 2.22. The molecule has 18 heavy (non-hydrogen) atoms. The molecule has 0 aliphatic heterocycles. The van der Waals surface area contributed by atoms with Crippen molar-refractivity contribution in [1.29, 1.82) is 0 Å². The standard InChI is InChI=1S/C13H13ClFN3/c1-9-12(14)16-8-17-13(9)18(2)7-10-4-3-5-11(15)6-10/h3-6,8H,7H2,1-2H3. The molecule has 1 aromatic heterocycles. The normalized spacial score (nSPS) is 10.4. The Balaban J connectivity index is 2.22. The third-order valence-electron chi connectivity index (χ3n) is 2.67. The molecule has 0 aliphatic carbocycles. The lowest BCUT2D eigenvalue weighted by Gasteiger charge is -2.20. The van der Waals surface area contributed by atoms with Gasteiger partial charge in [0.15, 0.2) is 0 Å². The maximum absolute atomic E-state index is 13.1. The Bertz CT molecular complexity index is 560. The van der Waals surface area contributed by atoms with E-state index in [0.717, 1.165) is 16.9 Å². The summed E-state index contributed by atoms with van der Waals surface area (Å²) >= 11 is 5.95. The number of halogens is 2. The highest BCUT2D eigenvalue weighted by atomic mass is 35.5. The molecule has 1 heterocycles. The molecule has 2 aromatic rings. The molecule has 1 aromatic carbocycles. The minimum atomic E-state index is -0.238. The molecular weight excluding hydrogens is 253 g/mol. The molecule has 0 spiro atoms. The van der Waals surface area contributed by atoms with Crippen LogP contribution < -0.4 is 4.90 Å². The molecule has 2 rings (SSSR count). The van der Waals surface area contributed by atoms with Gasteiger partial charge in [-0.3, -0.25) is 0 Å². The summed E-state index contributed by atoms with van der Waals surface area (Å²) in [6, 6.07) is 6.50. The van der Waals surface area contributed by atoms with Crippen molar-refractivity contribution in [1.82, 2.24) is 9.97 Å². The van der Waals surface area contributed by atoms with Gasteiger partial charge in [-0.05, 0) is 24.6 Å². The van der Waals surface area contributed by atoms with Crippen LogP contribution in [0.4, 0.5) is 10.2 Å². The molecule has 5 heteroatoms. The van der Waals surface area contributed by atoms with Crippen molar-refractivity contribution in [2.24, 2.45) is 0 Å². The van der Waals surface area contributed by atoms with Gasteiger partial charge in [-0.15, -0.1) is 0 Å². The van der Waals surface area contributed by atoms with Crippen LogP contribution >= 0.6 is 11.6 Å². The molecule has 0 amide bonds. The lowest BCUT2D eigenvalue weighted by atomic mass is 10.2. The fraction of sp³-hybridized carbons (Fsp3) is 0.231. The van der Waals surface area contributed by atoms with E-state index >= 15 is 0 Å². The third kappa shape index (κ3) is 2.76. The first kappa shape index (κ1) is 12.8. The van der Waals surface area contributed by atoms with Crippen molar-refractivity contribution in [3.8, 4) is 0 Å². The molecule has 0 fully saturated rings. The average molecular weight is 266 g/mol. The molecule has 3 nitrogen and oxygen atoms in total. The van der Waals surface area contributed by atoms with E-state index in [4.69, 9.17) is 11.6 Å². The molecule has 0 radical (unpaired) electrons. The maximum atomic E-state index is 13.1. The van der Waals surface area contributed by atoms with E-state index in [2.05, 4.69) is 9.97 Å². The summed E-state index contributed by atoms with van der Waals surface area (Å²) in [5.41, 5.74) is 1.70. The zero-order chi connectivity index (χ0) is 13.1. The van der Waals surface area contributed by atoms with Gasteiger partial charge in [-0.2, -0.15) is 0 Å². The largest absolute Gasteiger partial charge is 0.355 e. The second kappa shape index (κ2) is 5.31. The van der Waals surface area contributed by atoms with Gasteiger partial charge in [0.05, 0.1) is 0 Å². The van der Waals surface area contributed by atoms with Crippen molar-refractivity contribution >= 4 is 17.4 Å². The first-order valence-corrected chi connectivity index (χ1v) is 5.88. The number of anilines is 1. The van der Waals surface area contributed by atoms with E-state index in [1.54, 1.807) is 6.07 Å². The van der Waals surface area contributed by atoms with Crippen LogP contribution in [0.3, 0.4) is 0 Å². The fourth-order valence-electron chi connectivity index (χ4n) is 1.79. The Hall–Kier alpha value is -1.68. The molecule has 0 bridgehead atoms. The Kier molecular flexibility index (Phi) is 3.77. The smallest absolute Gasteiger partial charge is 0.137 e. The maximum Gasteiger partial charge on any atom is 0.137 e. The molecule has 0 atom stereocenters. The topological polar surface area (TPSA) is 29.0 Å². The number of hydrogen-bond acceptors (Lipinski definition) is 3. The van der Waals surface area contributed by atoms with Crippen molar-refractivity contribution in [3.63, 3.8) is 0 Å². The van der Waals surface area contributed by atoms with E-state index in [-0.39, 0.29) is 5.82 Å². The van der Waals surface area contributed by atoms with Crippen molar-refractivity contribution in [2.75, 3.05) is 11.9 Å². The van der Waals surface area contributed by atoms with Crippen LogP contribution in [0, 0.1) is 12.7 Å². The SMILES string of the molecule is Cc1c(Cl)ncnc1N(C)Cc1cccc(F)c1. The van der Waals surface area contributed by atoms with Gasteiger partial charge in [0.1, 0.15) is 23.1 Å². The number of benzene rings is 1. The van der Waals surface area contributed by atoms with E-state index < -0.39 is 0 Å². The highest BCUT2D eigenvalue weighted by molar-refractivity contribution is 6.30. The predicted molar refractivity (Wildman–Crippen MR) is 70.3 cm³/mol. The Morgan fingerprint density at radius 1 is 1.33 bits per heavy atom. The summed E-state index contributed by atoms with van der Waals surface area (Å²) in [6.45, 7) is 2.42. The number of rotatable bonds is 3. The fourth-order valence-corrected chi connectivity index (χ4v) is 1.92. The lowest BCUT2D eigenvalue weighted by molar-refractivity contribution is 0.625. The lowest BCUT2D eigenvalue weighted by Crippen LogP contribution is -2.19. The van der Waals surface area contributed by atoms with Crippen molar-refractivity contribution in [2.45, 2.75) is 13.5 Å². The molecule has 0 saturated heterocycles. The summed E-state index contributed by atoms with van der Waals surface area (Å²) in [4.78, 5) is 10.0. The van der Waals surface area contributed by atoms with E-state index in [9.17, 15) is 4.39 Å². The van der Waals surface area contributed by atoms with Crippen LogP contribution in [0.2, 0.25) is 5.15 Å². The van der Waals surface area contributed by atoms with Gasteiger partial charge >= 0.3 is 0 Å². The third-order valence-corrected chi connectivity index (χ3v) is 3.05. The first-order valence-electron chi connectivity index (χ1n) is 5.50. The molecule has 0 N–H and O–H groups in total. The Morgan fingerprint density at radius 3 is 2.83 bits per heavy atom. The van der Waals surface area contributed by atoms with Crippen LogP contribution in [0.1, 0.15) is 11.1 Å². The summed E-state index contributed by atoms with van der Waals surface area (Å²) in [5.74, 6) is 0.512. The van der Waals surface area contributed by atoms with Gasteiger partial charge in [-0.25, -0.2) is 14.4 Å². The minimum absolute atomic E-state index is 0.238. The second-order valence-corrected chi connectivity index (χ2v) is 4.46. The first-order chi connectivity index (χ1) is 8.58. The van der Waals surface area contributed by atoms with Gasteiger partial charge in [-0.1, -0.05) is 23.7 Å². The monoisotopic (exact) mass is 265 g/mol. The second-order valence-electron chi connectivity index (χ2n) is 4.10. The van der Waals surface area contributed by atoms with Crippen LogP contribution in [-0.4, -0.2) is 17.0 Å². The van der Waals surface area contributed by atoms with E-state index in [0.29, 0.717) is 11.7 Å². The molecule has 0 saturated carbocycles. The zero-order valence-electron chi connectivity index (χ0n) is 10.2. The van der Waals surface area contributed by atoms with Gasteiger partial charge in [0.2, 0.25) is 0 Å². The summed E-state index contributed by atoms with van der Waals surface area (Å²) in [7, 11) is 1.89. The van der Waals surface area contributed by atoms with Crippen molar-refractivity contribution in [3.05, 3.63) is 52.7 Å². The van der Waals surface area contributed by atoms with Crippen LogP contribution in [0.15, 0.2) is 30.6 Å². The zero-order valence-corrected chi connectivity index (χ0v) is 10.9. The van der Waals surface area contributed by atoms with Gasteiger partial charge in [0.25, 0.3) is 0 Å². The highest BCUT2D eigenvalue weighted by Gasteiger charge is 2.10.